The summed E-state index contributed by atoms with van der Waals surface area (Å²) in [6, 6.07) is 5.29. The van der Waals surface area contributed by atoms with Gasteiger partial charge in [-0.25, -0.2) is 9.10 Å². The third-order valence-corrected chi connectivity index (χ3v) is 4.41. The summed E-state index contributed by atoms with van der Waals surface area (Å²) in [5.41, 5.74) is 0.325. The van der Waals surface area contributed by atoms with E-state index in [1.807, 2.05) is 0 Å². The molecule has 1 saturated heterocycles. The van der Waals surface area contributed by atoms with Crippen molar-refractivity contribution in [2.45, 2.75) is 6.04 Å². The van der Waals surface area contributed by atoms with Gasteiger partial charge in [-0.2, -0.15) is 13.1 Å². The van der Waals surface area contributed by atoms with Gasteiger partial charge in [-0.3, -0.25) is 0 Å². The number of carboxylic acids is 1. The second-order valence-electron chi connectivity index (χ2n) is 3.48. The fourth-order valence-electron chi connectivity index (χ4n) is 1.60. The monoisotopic (exact) mass is 320 g/mol. The topological polar surface area (TPSA) is 86.7 Å². The first-order valence-electron chi connectivity index (χ1n) is 4.69. The van der Waals surface area contributed by atoms with Crippen molar-refractivity contribution in [1.82, 2.24) is 4.72 Å². The van der Waals surface area contributed by atoms with E-state index in [4.69, 9.17) is 5.11 Å². The highest BCUT2D eigenvalue weighted by Crippen LogP contribution is 2.25. The van der Waals surface area contributed by atoms with Gasteiger partial charge in [0.25, 0.3) is 0 Å². The third kappa shape index (κ3) is 2.28. The molecule has 1 fully saturated rings. The van der Waals surface area contributed by atoms with Crippen LogP contribution in [-0.2, 0) is 15.0 Å². The van der Waals surface area contributed by atoms with Crippen molar-refractivity contribution in [3.05, 3.63) is 28.7 Å². The number of carbonyl (C=O) groups is 1. The number of hydrogen-bond donors (Lipinski definition) is 2. The van der Waals surface area contributed by atoms with Crippen LogP contribution in [-0.4, -0.2) is 32.1 Å². The Hall–Kier alpha value is -1.12. The number of nitrogens with zero attached hydrogens (tertiary/aromatic N) is 1. The quantitative estimate of drug-likeness (QED) is 0.833. The van der Waals surface area contributed by atoms with Crippen molar-refractivity contribution < 1.29 is 18.3 Å². The lowest BCUT2D eigenvalue weighted by Gasteiger charge is -2.20. The number of aliphatic carboxylic acids is 1. The van der Waals surface area contributed by atoms with Crippen LogP contribution in [0.25, 0.3) is 0 Å². The number of nitrogens with one attached hydrogen (secondary N) is 1. The van der Waals surface area contributed by atoms with Crippen molar-refractivity contribution >= 4 is 37.8 Å². The first-order valence-corrected chi connectivity index (χ1v) is 6.92. The van der Waals surface area contributed by atoms with Crippen LogP contribution in [0.2, 0.25) is 0 Å². The van der Waals surface area contributed by atoms with Gasteiger partial charge in [-0.15, -0.1) is 0 Å². The first-order chi connectivity index (χ1) is 7.92. The summed E-state index contributed by atoms with van der Waals surface area (Å²) in [5.74, 6) is -1.18. The predicted octanol–water partition coefficient (Wildman–Crippen LogP) is 0.557. The van der Waals surface area contributed by atoms with E-state index in [1.54, 1.807) is 24.3 Å². The zero-order valence-corrected chi connectivity index (χ0v) is 10.9. The molecule has 0 aliphatic carbocycles. The van der Waals surface area contributed by atoms with Gasteiger partial charge in [0, 0.05) is 11.0 Å². The van der Waals surface area contributed by atoms with E-state index in [0.717, 1.165) is 8.78 Å². The molecule has 1 unspecified atom stereocenters. The summed E-state index contributed by atoms with van der Waals surface area (Å²) in [4.78, 5) is 11.0. The van der Waals surface area contributed by atoms with Crippen molar-refractivity contribution in [2.75, 3.05) is 10.8 Å². The van der Waals surface area contributed by atoms with Gasteiger partial charge in [0.05, 0.1) is 5.69 Å². The average Bonchev–Trinajstić information content (AvgIpc) is 2.56. The molecule has 2 rings (SSSR count). The van der Waals surface area contributed by atoms with Crippen LogP contribution in [0.3, 0.4) is 0 Å². The molecule has 2 N–H and O–H groups in total. The first kappa shape index (κ1) is 12.3. The smallest absolute Gasteiger partial charge is 0.328 e. The Kier molecular flexibility index (Phi) is 3.11. The normalized spacial score (nSPS) is 22.6. The summed E-state index contributed by atoms with van der Waals surface area (Å²) in [6.45, 7) is -0.131. The number of benzene rings is 1. The van der Waals surface area contributed by atoms with Crippen LogP contribution in [0.4, 0.5) is 5.69 Å². The molecule has 0 bridgehead atoms. The number of halogens is 1. The molecule has 17 heavy (non-hydrogen) atoms. The minimum atomic E-state index is -3.76. The van der Waals surface area contributed by atoms with E-state index >= 15 is 0 Å². The Morgan fingerprint density at radius 2 is 2.00 bits per heavy atom. The predicted molar refractivity (Wildman–Crippen MR) is 65.0 cm³/mol. The maximum atomic E-state index is 11.7. The molecule has 1 aliphatic rings. The van der Waals surface area contributed by atoms with E-state index in [-0.39, 0.29) is 6.54 Å². The van der Waals surface area contributed by atoms with Gasteiger partial charge >= 0.3 is 16.2 Å². The second kappa shape index (κ2) is 4.28. The minimum absolute atomic E-state index is 0.131. The van der Waals surface area contributed by atoms with Crippen LogP contribution in [0, 0.1) is 0 Å². The molecule has 0 saturated carbocycles. The number of carboxylic acid groups (broad SMARTS) is 1. The van der Waals surface area contributed by atoms with E-state index in [2.05, 4.69) is 20.7 Å². The molecule has 0 spiro atoms. The molecular formula is C9H9BrN2O4S. The highest BCUT2D eigenvalue weighted by molar-refractivity contribution is 9.10. The fourth-order valence-corrected chi connectivity index (χ4v) is 3.27. The number of rotatable bonds is 2. The molecule has 0 aromatic heterocycles. The van der Waals surface area contributed by atoms with Crippen molar-refractivity contribution in [1.29, 1.82) is 0 Å². The standard InChI is InChI=1S/C9H9BrN2O4S/c10-6-1-3-7(4-2-6)12-8(9(13)14)5-11-17(12,15)16/h1-4,8,11H,5H2,(H,13,14). The van der Waals surface area contributed by atoms with Crippen LogP contribution in [0.5, 0.6) is 0 Å². The zero-order chi connectivity index (χ0) is 12.6. The number of anilines is 1. The summed E-state index contributed by atoms with van der Waals surface area (Å²) in [7, 11) is -3.76. The molecule has 1 aromatic carbocycles. The average molecular weight is 321 g/mol. The molecule has 6 nitrogen and oxygen atoms in total. The molecule has 1 aliphatic heterocycles. The van der Waals surface area contributed by atoms with Crippen LogP contribution in [0.15, 0.2) is 28.7 Å². The van der Waals surface area contributed by atoms with Crippen LogP contribution < -0.4 is 9.03 Å². The van der Waals surface area contributed by atoms with E-state index in [9.17, 15) is 13.2 Å². The Bertz CT molecular complexity index is 543. The summed E-state index contributed by atoms with van der Waals surface area (Å²) < 4.78 is 27.3. The van der Waals surface area contributed by atoms with Crippen molar-refractivity contribution in [3.8, 4) is 0 Å². The SMILES string of the molecule is O=C(O)C1CNS(=O)(=O)N1c1ccc(Br)cc1. The Balaban J connectivity index is 2.46. The van der Waals surface area contributed by atoms with E-state index < -0.39 is 22.2 Å². The van der Waals surface area contributed by atoms with Crippen LogP contribution in [0.1, 0.15) is 0 Å². The fraction of sp³-hybridized carbons (Fsp3) is 0.222. The lowest BCUT2D eigenvalue weighted by molar-refractivity contribution is -0.137. The van der Waals surface area contributed by atoms with Crippen LogP contribution >= 0.6 is 15.9 Å². The van der Waals surface area contributed by atoms with Gasteiger partial charge in [-0.05, 0) is 24.3 Å². The van der Waals surface area contributed by atoms with E-state index in [0.29, 0.717) is 5.69 Å². The highest BCUT2D eigenvalue weighted by Gasteiger charge is 2.41. The summed E-state index contributed by atoms with van der Waals surface area (Å²) >= 11 is 3.23. The molecule has 1 atom stereocenters. The molecule has 0 radical (unpaired) electrons. The third-order valence-electron chi connectivity index (χ3n) is 2.37. The van der Waals surface area contributed by atoms with Gasteiger partial charge in [-0.1, -0.05) is 15.9 Å². The van der Waals surface area contributed by atoms with Gasteiger partial charge in [0.2, 0.25) is 0 Å². The lowest BCUT2D eigenvalue weighted by Crippen LogP contribution is -2.39. The minimum Gasteiger partial charge on any atom is -0.480 e. The highest BCUT2D eigenvalue weighted by atomic mass is 79.9. The van der Waals surface area contributed by atoms with Gasteiger partial charge in [0.1, 0.15) is 0 Å². The van der Waals surface area contributed by atoms with Gasteiger partial charge in [0.15, 0.2) is 6.04 Å². The summed E-state index contributed by atoms with van der Waals surface area (Å²) in [6.07, 6.45) is 0. The number of hydrogen-bond acceptors (Lipinski definition) is 3. The lowest BCUT2D eigenvalue weighted by atomic mass is 10.2. The largest absolute Gasteiger partial charge is 0.480 e. The Labute approximate surface area is 107 Å². The maximum Gasteiger partial charge on any atom is 0.328 e. The molecular weight excluding hydrogens is 312 g/mol. The Morgan fingerprint density at radius 3 is 2.53 bits per heavy atom. The van der Waals surface area contributed by atoms with Crippen molar-refractivity contribution in [2.24, 2.45) is 0 Å². The molecule has 8 heteroatoms. The summed E-state index contributed by atoms with van der Waals surface area (Å²) in [5, 5.41) is 8.98. The molecule has 1 heterocycles. The second-order valence-corrected chi connectivity index (χ2v) is 6.03. The zero-order valence-electron chi connectivity index (χ0n) is 8.50. The molecule has 1 aromatic rings. The molecule has 0 amide bonds. The van der Waals surface area contributed by atoms with E-state index in [1.165, 1.54) is 0 Å². The van der Waals surface area contributed by atoms with Gasteiger partial charge < -0.3 is 5.11 Å². The Morgan fingerprint density at radius 1 is 1.41 bits per heavy atom. The molecule has 92 valence electrons. The maximum absolute atomic E-state index is 11.7. The van der Waals surface area contributed by atoms with Crippen molar-refractivity contribution in [3.63, 3.8) is 0 Å².